The van der Waals surface area contributed by atoms with Gasteiger partial charge in [0.05, 0.1) is 29.0 Å². The van der Waals surface area contributed by atoms with Gasteiger partial charge in [-0.05, 0) is 75.8 Å². The third-order valence-corrected chi connectivity index (χ3v) is 13.8. The molecule has 5 N–H and O–H groups in total. The van der Waals surface area contributed by atoms with E-state index in [9.17, 15) is 57.6 Å². The lowest BCUT2D eigenvalue weighted by molar-refractivity contribution is -0.296. The van der Waals surface area contributed by atoms with Crippen molar-refractivity contribution in [1.29, 1.82) is 0 Å². The summed E-state index contributed by atoms with van der Waals surface area (Å²) in [7, 11) is 0. The zero-order chi connectivity index (χ0) is 45.2. The van der Waals surface area contributed by atoms with Crippen molar-refractivity contribution in [3.63, 3.8) is 0 Å². The zero-order valence-corrected chi connectivity index (χ0v) is 34.8. The molecule has 2 aromatic rings. The Kier molecular flexibility index (Phi) is 11.8. The number of ketones is 1. The van der Waals surface area contributed by atoms with Crippen LogP contribution in [0.1, 0.15) is 96.1 Å². The van der Waals surface area contributed by atoms with Crippen LogP contribution in [0.25, 0.3) is 0 Å². The molecule has 11 atom stereocenters. The molecular formula is C44H52F3NO13. The van der Waals surface area contributed by atoms with Crippen molar-refractivity contribution in [1.82, 2.24) is 5.32 Å². The van der Waals surface area contributed by atoms with E-state index in [1.54, 1.807) is 24.3 Å². The number of esters is 3. The molecule has 0 saturated heterocycles. The first-order chi connectivity index (χ1) is 28.2. The standard InChI is InChI=1S/C44H52F3NO13/c1-22-27(58-37(55)32(52)30(24-14-10-8-11-15-24)48-38(56)61-40(5,6)44(45,46)47)21-43(57)35(59-36(54)25-16-12-9-13-17-25)33-41(7,34(53)31(51)29(22)39(43,3)4)28(50)20-26-18-19-42(26,33)60-23(2)49/h8-17,26-28,30-33,35,50-52,57H,18-21H2,1-7H3,(H,48,56)/t26-,27+,28+,30+,31-,32-,33+,35+,41-,42+,43-/m1/s1. The Morgan fingerprint density at radius 2 is 1.52 bits per heavy atom. The summed E-state index contributed by atoms with van der Waals surface area (Å²) in [5, 5.41) is 51.2. The average molecular weight is 860 g/mol. The van der Waals surface area contributed by atoms with E-state index in [0.29, 0.717) is 20.3 Å². The topological polar surface area (TPSA) is 215 Å². The Bertz CT molecular complexity index is 2090. The Morgan fingerprint density at radius 3 is 2.07 bits per heavy atom. The van der Waals surface area contributed by atoms with Crippen LogP contribution >= 0.6 is 0 Å². The number of fused-ring (bicyclic) bond motifs is 5. The van der Waals surface area contributed by atoms with E-state index < -0.39 is 118 Å². The van der Waals surface area contributed by atoms with E-state index in [1.807, 2.05) is 0 Å². The Morgan fingerprint density at radius 1 is 0.934 bits per heavy atom. The number of carbonyl (C=O) groups excluding carboxylic acids is 5. The summed E-state index contributed by atoms with van der Waals surface area (Å²) in [6.45, 7) is 8.20. The Balaban J connectivity index is 1.46. The van der Waals surface area contributed by atoms with Crippen LogP contribution in [0.2, 0.25) is 0 Å². The van der Waals surface area contributed by atoms with Gasteiger partial charge in [0.25, 0.3) is 0 Å². The molecule has 0 heterocycles. The lowest BCUT2D eigenvalue weighted by Crippen LogP contribution is -2.78. The molecule has 0 unspecified atom stereocenters. The lowest BCUT2D eigenvalue weighted by Gasteiger charge is -2.68. The van der Waals surface area contributed by atoms with Gasteiger partial charge in [0.1, 0.15) is 29.5 Å². The van der Waals surface area contributed by atoms with Crippen molar-refractivity contribution in [3.8, 4) is 0 Å². The molecule has 0 aliphatic heterocycles. The number of carbonyl (C=O) groups is 5. The number of benzene rings is 2. The van der Waals surface area contributed by atoms with Crippen LogP contribution < -0.4 is 5.32 Å². The highest BCUT2D eigenvalue weighted by Crippen LogP contribution is 2.67. The number of amides is 1. The molecule has 1 amide bonds. The molecule has 3 fully saturated rings. The fraction of sp³-hybridized carbons (Fsp3) is 0.568. The molecule has 0 radical (unpaired) electrons. The van der Waals surface area contributed by atoms with Gasteiger partial charge in [-0.3, -0.25) is 9.59 Å². The van der Waals surface area contributed by atoms with Crippen molar-refractivity contribution in [2.75, 3.05) is 0 Å². The van der Waals surface area contributed by atoms with Crippen molar-refractivity contribution in [2.45, 2.75) is 134 Å². The molecule has 2 bridgehead atoms. The highest BCUT2D eigenvalue weighted by molar-refractivity contribution is 5.94. The predicted molar refractivity (Wildman–Crippen MR) is 207 cm³/mol. The van der Waals surface area contributed by atoms with Crippen LogP contribution in [0.4, 0.5) is 18.0 Å². The molecule has 17 heteroatoms. The number of halogens is 3. The zero-order valence-electron chi connectivity index (χ0n) is 34.8. The molecule has 2 aromatic carbocycles. The molecule has 3 saturated carbocycles. The molecule has 332 valence electrons. The number of ether oxygens (including phenoxy) is 4. The number of alkyl carbamates (subject to hydrolysis) is 1. The summed E-state index contributed by atoms with van der Waals surface area (Å²) < 4.78 is 63.7. The smallest absolute Gasteiger partial charge is 0.427 e. The van der Waals surface area contributed by atoms with Crippen LogP contribution in [0.3, 0.4) is 0 Å². The fourth-order valence-corrected chi connectivity index (χ4v) is 10.1. The van der Waals surface area contributed by atoms with E-state index in [-0.39, 0.29) is 35.1 Å². The van der Waals surface area contributed by atoms with Gasteiger partial charge in [0.15, 0.2) is 11.9 Å². The number of hydrogen-bond acceptors (Lipinski definition) is 13. The fourth-order valence-electron chi connectivity index (χ4n) is 10.1. The largest absolute Gasteiger partial charge is 0.458 e. The van der Waals surface area contributed by atoms with Crippen LogP contribution in [0, 0.1) is 22.7 Å². The molecule has 14 nitrogen and oxygen atoms in total. The van der Waals surface area contributed by atoms with Gasteiger partial charge < -0.3 is 44.7 Å². The van der Waals surface area contributed by atoms with Crippen LogP contribution in [-0.2, 0) is 33.3 Å². The predicted octanol–water partition coefficient (Wildman–Crippen LogP) is 4.81. The number of aliphatic hydroxyl groups is 4. The van der Waals surface area contributed by atoms with Crippen LogP contribution in [0.15, 0.2) is 71.8 Å². The normalized spacial score (nSPS) is 32.9. The minimum Gasteiger partial charge on any atom is -0.458 e. The number of rotatable bonds is 9. The number of aliphatic hydroxyl groups excluding tert-OH is 3. The first-order valence-corrected chi connectivity index (χ1v) is 20.0. The van der Waals surface area contributed by atoms with Gasteiger partial charge in [0.2, 0.25) is 5.60 Å². The molecule has 61 heavy (non-hydrogen) atoms. The number of hydrogen-bond donors (Lipinski definition) is 5. The van der Waals surface area contributed by atoms with Crippen molar-refractivity contribution in [3.05, 3.63) is 82.9 Å². The highest BCUT2D eigenvalue weighted by atomic mass is 19.4. The summed E-state index contributed by atoms with van der Waals surface area (Å²) in [4.78, 5) is 69.0. The maximum atomic E-state index is 15.0. The monoisotopic (exact) mass is 859 g/mol. The van der Waals surface area contributed by atoms with E-state index in [0.717, 1.165) is 6.92 Å². The third-order valence-electron chi connectivity index (χ3n) is 13.8. The second-order valence-electron chi connectivity index (χ2n) is 17.9. The maximum Gasteiger partial charge on any atom is 0.427 e. The number of Topliss-reactive ketones (excluding diaryl/α,β-unsaturated/α-hetero) is 1. The summed E-state index contributed by atoms with van der Waals surface area (Å²) in [5.74, 6) is -6.11. The van der Waals surface area contributed by atoms with Crippen molar-refractivity contribution < 1.29 is 76.5 Å². The van der Waals surface area contributed by atoms with E-state index in [2.05, 4.69) is 10.1 Å². The summed E-state index contributed by atoms with van der Waals surface area (Å²) in [5.41, 5.74) is -10.6. The summed E-state index contributed by atoms with van der Waals surface area (Å²) in [6, 6.07) is 13.3. The lowest BCUT2D eigenvalue weighted by atomic mass is 9.41. The Labute approximate surface area is 350 Å². The second-order valence-corrected chi connectivity index (χ2v) is 17.9. The first kappa shape index (κ1) is 45.7. The third kappa shape index (κ3) is 7.50. The van der Waals surface area contributed by atoms with E-state index in [1.165, 1.54) is 64.1 Å². The Hall–Kier alpha value is -4.84. The minimum atomic E-state index is -4.98. The molecule has 6 rings (SSSR count). The average Bonchev–Trinajstić information content (AvgIpc) is 3.18. The molecule has 0 aromatic heterocycles. The molecule has 0 spiro atoms. The van der Waals surface area contributed by atoms with E-state index >= 15 is 0 Å². The first-order valence-electron chi connectivity index (χ1n) is 20.0. The quantitative estimate of drug-likeness (QED) is 0.130. The SMILES string of the molecule is CC(=O)O[C@@]12CC[C@@H]1C[C@H](O)[C@@]1(C)C(=O)[C@H](O)C3=C(C)[C@@H](OC(=O)[C@H](O)[C@@H](NC(=O)OC(C)(C)C(F)(F)F)c4ccccc4)C[C@@](O)([C@@H](OC(=O)c4ccccc4)[C@H]21)C3(C)C. The highest BCUT2D eigenvalue weighted by Gasteiger charge is 2.77. The van der Waals surface area contributed by atoms with Crippen molar-refractivity contribution >= 4 is 29.8 Å². The molecule has 4 aliphatic rings. The van der Waals surface area contributed by atoms with E-state index in [4.69, 9.17) is 14.2 Å². The van der Waals surface area contributed by atoms with Gasteiger partial charge >= 0.3 is 30.2 Å². The van der Waals surface area contributed by atoms with Crippen LogP contribution in [-0.4, -0.2) is 104 Å². The van der Waals surface area contributed by atoms with Gasteiger partial charge in [-0.1, -0.05) is 62.4 Å². The minimum absolute atomic E-state index is 0.0199. The summed E-state index contributed by atoms with van der Waals surface area (Å²) >= 11 is 0. The van der Waals surface area contributed by atoms with Gasteiger partial charge in [-0.15, -0.1) is 0 Å². The molecule has 4 aliphatic carbocycles. The van der Waals surface area contributed by atoms with Gasteiger partial charge in [-0.25, -0.2) is 14.4 Å². The second kappa shape index (κ2) is 15.8. The molecular weight excluding hydrogens is 807 g/mol. The summed E-state index contributed by atoms with van der Waals surface area (Å²) in [6.07, 6.45) is -15.9. The maximum absolute atomic E-state index is 15.0. The number of alkyl halides is 3. The van der Waals surface area contributed by atoms with Crippen molar-refractivity contribution in [2.24, 2.45) is 22.7 Å². The van der Waals surface area contributed by atoms with Crippen LogP contribution in [0.5, 0.6) is 0 Å². The number of nitrogens with one attached hydrogen (secondary N) is 1. The van der Waals surface area contributed by atoms with Gasteiger partial charge in [-0.2, -0.15) is 13.2 Å². The van der Waals surface area contributed by atoms with Gasteiger partial charge in [0, 0.05) is 24.7 Å².